The Morgan fingerprint density at radius 1 is 1.38 bits per heavy atom. The smallest absolute Gasteiger partial charge is 0.322 e. The van der Waals surface area contributed by atoms with Gasteiger partial charge in [-0.15, -0.1) is 0 Å². The van der Waals surface area contributed by atoms with Gasteiger partial charge in [0.05, 0.1) is 24.0 Å². The molecule has 0 spiro atoms. The van der Waals surface area contributed by atoms with Crippen LogP contribution in [-0.2, 0) is 11.3 Å². The van der Waals surface area contributed by atoms with Crippen LogP contribution in [0.3, 0.4) is 0 Å². The van der Waals surface area contributed by atoms with Gasteiger partial charge in [-0.25, -0.2) is 18.6 Å². The number of pyridine rings is 1. The van der Waals surface area contributed by atoms with Crippen molar-refractivity contribution in [3.8, 4) is 0 Å². The standard InChI is InChI=1S/C17H15BrF2N4O2/c1-9(11-3-2-10(19)6-12(11)20)21-16(25)8-24-7-14-13(23-17(24)26)4-5-15(18)22-14/h2-6,9H,7-8H2,1H3,(H,21,25)(H,23,26)/t9-/m0/s1. The first-order valence-corrected chi connectivity index (χ1v) is 8.58. The van der Waals surface area contributed by atoms with E-state index in [1.54, 1.807) is 19.1 Å². The molecule has 6 nitrogen and oxygen atoms in total. The summed E-state index contributed by atoms with van der Waals surface area (Å²) in [7, 11) is 0. The Labute approximate surface area is 156 Å². The first-order valence-electron chi connectivity index (χ1n) is 7.79. The van der Waals surface area contributed by atoms with Gasteiger partial charge in [-0.3, -0.25) is 4.79 Å². The summed E-state index contributed by atoms with van der Waals surface area (Å²) < 4.78 is 27.4. The number of fused-ring (bicyclic) bond motifs is 1. The molecule has 0 aliphatic carbocycles. The van der Waals surface area contributed by atoms with Gasteiger partial charge in [0, 0.05) is 11.6 Å². The fraction of sp³-hybridized carbons (Fsp3) is 0.235. The average molecular weight is 425 g/mol. The van der Waals surface area contributed by atoms with Gasteiger partial charge in [0.1, 0.15) is 22.8 Å². The zero-order valence-electron chi connectivity index (χ0n) is 13.7. The van der Waals surface area contributed by atoms with E-state index in [-0.39, 0.29) is 18.7 Å². The molecule has 3 rings (SSSR count). The SMILES string of the molecule is C[C@H](NC(=O)CN1Cc2nc(Br)ccc2NC1=O)c1ccc(F)cc1F. The van der Waals surface area contributed by atoms with Gasteiger partial charge in [0.2, 0.25) is 5.91 Å². The molecule has 1 atom stereocenters. The van der Waals surface area contributed by atoms with E-state index < -0.39 is 29.6 Å². The normalized spacial score (nSPS) is 14.5. The monoisotopic (exact) mass is 424 g/mol. The molecule has 26 heavy (non-hydrogen) atoms. The minimum Gasteiger partial charge on any atom is -0.348 e. The Kier molecular flexibility index (Phi) is 5.17. The second kappa shape index (κ2) is 7.36. The predicted molar refractivity (Wildman–Crippen MR) is 94.3 cm³/mol. The van der Waals surface area contributed by atoms with E-state index in [1.807, 2.05) is 0 Å². The summed E-state index contributed by atoms with van der Waals surface area (Å²) in [5.74, 6) is -1.89. The molecule has 1 aromatic carbocycles. The van der Waals surface area contributed by atoms with Crippen LogP contribution in [0.2, 0.25) is 0 Å². The topological polar surface area (TPSA) is 74.3 Å². The van der Waals surface area contributed by atoms with Crippen LogP contribution in [-0.4, -0.2) is 28.4 Å². The highest BCUT2D eigenvalue weighted by Crippen LogP contribution is 2.23. The van der Waals surface area contributed by atoms with Crippen molar-refractivity contribution in [1.29, 1.82) is 0 Å². The maximum absolute atomic E-state index is 13.8. The molecular weight excluding hydrogens is 410 g/mol. The first-order chi connectivity index (χ1) is 12.3. The summed E-state index contributed by atoms with van der Waals surface area (Å²) in [6, 6.07) is 5.51. The highest BCUT2D eigenvalue weighted by Gasteiger charge is 2.26. The van der Waals surface area contributed by atoms with Crippen molar-refractivity contribution < 1.29 is 18.4 Å². The number of urea groups is 1. The van der Waals surface area contributed by atoms with E-state index in [1.165, 1.54) is 11.0 Å². The second-order valence-corrected chi connectivity index (χ2v) is 6.68. The number of carbonyl (C=O) groups is 2. The van der Waals surface area contributed by atoms with Crippen molar-refractivity contribution in [3.05, 3.63) is 57.8 Å². The summed E-state index contributed by atoms with van der Waals surface area (Å²) in [5.41, 5.74) is 1.39. The van der Waals surface area contributed by atoms with Gasteiger partial charge >= 0.3 is 6.03 Å². The van der Waals surface area contributed by atoms with E-state index in [2.05, 4.69) is 31.5 Å². The molecule has 2 N–H and O–H groups in total. The van der Waals surface area contributed by atoms with Gasteiger partial charge in [-0.05, 0) is 41.1 Å². The fourth-order valence-electron chi connectivity index (χ4n) is 2.67. The number of anilines is 1. The third-order valence-corrected chi connectivity index (χ3v) is 4.39. The highest BCUT2D eigenvalue weighted by atomic mass is 79.9. The Balaban J connectivity index is 1.65. The molecule has 0 saturated carbocycles. The molecule has 0 bridgehead atoms. The van der Waals surface area contributed by atoms with E-state index in [4.69, 9.17) is 0 Å². The summed E-state index contributed by atoms with van der Waals surface area (Å²) in [4.78, 5) is 29.9. The van der Waals surface area contributed by atoms with Crippen LogP contribution in [0.5, 0.6) is 0 Å². The lowest BCUT2D eigenvalue weighted by Gasteiger charge is -2.28. The number of hydrogen-bond donors (Lipinski definition) is 2. The molecule has 0 radical (unpaired) electrons. The molecule has 1 aromatic heterocycles. The Morgan fingerprint density at radius 2 is 2.15 bits per heavy atom. The van der Waals surface area contributed by atoms with Crippen LogP contribution in [0.4, 0.5) is 19.3 Å². The Hall–Kier alpha value is -2.55. The lowest BCUT2D eigenvalue weighted by atomic mass is 10.1. The maximum atomic E-state index is 13.8. The van der Waals surface area contributed by atoms with E-state index in [0.29, 0.717) is 16.0 Å². The third-order valence-electron chi connectivity index (χ3n) is 3.95. The molecule has 9 heteroatoms. The number of carbonyl (C=O) groups excluding carboxylic acids is 2. The molecule has 3 amide bonds. The largest absolute Gasteiger partial charge is 0.348 e. The number of benzene rings is 1. The molecule has 0 saturated heterocycles. The average Bonchev–Trinajstić information content (AvgIpc) is 2.55. The van der Waals surface area contributed by atoms with Gasteiger partial charge in [0.25, 0.3) is 0 Å². The Bertz CT molecular complexity index is 878. The molecule has 0 fully saturated rings. The molecule has 1 aliphatic heterocycles. The molecule has 136 valence electrons. The molecular formula is C17H15BrF2N4O2. The van der Waals surface area contributed by atoms with Crippen molar-refractivity contribution in [2.24, 2.45) is 0 Å². The number of rotatable bonds is 4. The van der Waals surface area contributed by atoms with Crippen LogP contribution in [0.25, 0.3) is 0 Å². The van der Waals surface area contributed by atoms with Crippen molar-refractivity contribution >= 4 is 33.6 Å². The lowest BCUT2D eigenvalue weighted by Crippen LogP contribution is -2.45. The Morgan fingerprint density at radius 3 is 2.88 bits per heavy atom. The number of nitrogens with zero attached hydrogens (tertiary/aromatic N) is 2. The summed E-state index contributed by atoms with van der Waals surface area (Å²) in [6.07, 6.45) is 0. The van der Waals surface area contributed by atoms with E-state index in [9.17, 15) is 18.4 Å². The van der Waals surface area contributed by atoms with Crippen molar-refractivity contribution in [1.82, 2.24) is 15.2 Å². The lowest BCUT2D eigenvalue weighted by molar-refractivity contribution is -0.122. The zero-order valence-corrected chi connectivity index (χ0v) is 15.3. The number of nitrogens with one attached hydrogen (secondary N) is 2. The van der Waals surface area contributed by atoms with Gasteiger partial charge in [-0.1, -0.05) is 6.07 Å². The quantitative estimate of drug-likeness (QED) is 0.739. The van der Waals surface area contributed by atoms with Gasteiger partial charge in [-0.2, -0.15) is 0 Å². The molecule has 2 aromatic rings. The summed E-state index contributed by atoms with van der Waals surface area (Å²) in [5, 5.41) is 5.27. The summed E-state index contributed by atoms with van der Waals surface area (Å²) >= 11 is 3.26. The predicted octanol–water partition coefficient (Wildman–Crippen LogP) is 3.35. The van der Waals surface area contributed by atoms with Gasteiger partial charge < -0.3 is 15.5 Å². The minimum atomic E-state index is -0.739. The van der Waals surface area contributed by atoms with E-state index >= 15 is 0 Å². The zero-order chi connectivity index (χ0) is 18.8. The number of hydrogen-bond acceptors (Lipinski definition) is 3. The second-order valence-electron chi connectivity index (χ2n) is 5.87. The van der Waals surface area contributed by atoms with Crippen LogP contribution in [0.1, 0.15) is 24.2 Å². The van der Waals surface area contributed by atoms with E-state index in [0.717, 1.165) is 12.1 Å². The maximum Gasteiger partial charge on any atom is 0.322 e. The van der Waals surface area contributed by atoms with Crippen molar-refractivity contribution in [2.75, 3.05) is 11.9 Å². The van der Waals surface area contributed by atoms with Gasteiger partial charge in [0.15, 0.2) is 0 Å². The van der Waals surface area contributed by atoms with Crippen LogP contribution >= 0.6 is 15.9 Å². The molecule has 1 aliphatic rings. The molecule has 2 heterocycles. The summed E-state index contributed by atoms with van der Waals surface area (Å²) in [6.45, 7) is 1.54. The van der Waals surface area contributed by atoms with Crippen molar-refractivity contribution in [2.45, 2.75) is 19.5 Å². The highest BCUT2D eigenvalue weighted by molar-refractivity contribution is 9.10. The third kappa shape index (κ3) is 3.98. The molecule has 0 unspecified atom stereocenters. The van der Waals surface area contributed by atoms with Crippen LogP contribution < -0.4 is 10.6 Å². The fourth-order valence-corrected chi connectivity index (χ4v) is 3.02. The number of amides is 3. The van der Waals surface area contributed by atoms with Crippen molar-refractivity contribution in [3.63, 3.8) is 0 Å². The first kappa shape index (κ1) is 18.2. The minimum absolute atomic E-state index is 0.166. The van der Waals surface area contributed by atoms with Crippen LogP contribution in [0.15, 0.2) is 34.9 Å². The number of aromatic nitrogens is 1. The number of halogens is 3. The van der Waals surface area contributed by atoms with Crippen LogP contribution in [0, 0.1) is 11.6 Å².